The first-order chi connectivity index (χ1) is 12.2. The van der Waals surface area contributed by atoms with Crippen molar-refractivity contribution in [3.8, 4) is 0 Å². The third-order valence-electron chi connectivity index (χ3n) is 5.26. The van der Waals surface area contributed by atoms with Crippen LogP contribution in [0.25, 0.3) is 10.9 Å². The van der Waals surface area contributed by atoms with Crippen molar-refractivity contribution in [2.24, 2.45) is 0 Å². The van der Waals surface area contributed by atoms with Crippen molar-refractivity contribution < 1.29 is 9.53 Å². The third kappa shape index (κ3) is 2.74. The molecule has 0 N–H and O–H groups in total. The Morgan fingerprint density at radius 2 is 1.84 bits per heavy atom. The zero-order chi connectivity index (χ0) is 17.4. The minimum atomic E-state index is -0.259. The number of carbonyl (C=O) groups is 1. The number of rotatable bonds is 3. The molecule has 0 saturated carbocycles. The summed E-state index contributed by atoms with van der Waals surface area (Å²) in [5, 5.41) is 1.21. The Kier molecular flexibility index (Phi) is 4.08. The van der Waals surface area contributed by atoms with Crippen LogP contribution in [0, 0.1) is 6.92 Å². The van der Waals surface area contributed by atoms with Crippen molar-refractivity contribution in [1.29, 1.82) is 0 Å². The van der Waals surface area contributed by atoms with Gasteiger partial charge in [-0.3, -0.25) is 0 Å². The number of benzene rings is 2. The van der Waals surface area contributed by atoms with Gasteiger partial charge in [0.15, 0.2) is 0 Å². The maximum absolute atomic E-state index is 12.4. The van der Waals surface area contributed by atoms with Crippen molar-refractivity contribution in [3.05, 3.63) is 70.4 Å². The second kappa shape index (κ2) is 6.40. The molecule has 0 unspecified atom stereocenters. The number of ether oxygens (including phenoxy) is 1. The first kappa shape index (κ1) is 15.9. The predicted octanol–water partition coefficient (Wildman–Crippen LogP) is 4.66. The molecule has 3 heteroatoms. The molecule has 0 amide bonds. The van der Waals surface area contributed by atoms with Crippen molar-refractivity contribution in [2.75, 3.05) is 7.11 Å². The molecule has 1 heterocycles. The van der Waals surface area contributed by atoms with Gasteiger partial charge >= 0.3 is 5.97 Å². The predicted molar refractivity (Wildman–Crippen MR) is 100 cm³/mol. The van der Waals surface area contributed by atoms with Gasteiger partial charge in [-0.15, -0.1) is 0 Å². The first-order valence-electron chi connectivity index (χ1n) is 8.96. The fraction of sp³-hybridized carbons (Fsp3) is 0.318. The molecular weight excluding hydrogens is 310 g/mol. The van der Waals surface area contributed by atoms with Crippen LogP contribution in [0.2, 0.25) is 0 Å². The van der Waals surface area contributed by atoms with Crippen LogP contribution in [-0.2, 0) is 24.1 Å². The summed E-state index contributed by atoms with van der Waals surface area (Å²) in [7, 11) is 1.45. The Balaban J connectivity index is 1.94. The summed E-state index contributed by atoms with van der Waals surface area (Å²) in [6.45, 7) is 2.90. The van der Waals surface area contributed by atoms with Crippen molar-refractivity contribution >= 4 is 16.9 Å². The van der Waals surface area contributed by atoms with Gasteiger partial charge in [0.05, 0.1) is 18.2 Å². The zero-order valence-electron chi connectivity index (χ0n) is 14.8. The minimum absolute atomic E-state index is 0.259. The van der Waals surface area contributed by atoms with Gasteiger partial charge < -0.3 is 9.30 Å². The van der Waals surface area contributed by atoms with E-state index >= 15 is 0 Å². The van der Waals surface area contributed by atoms with Crippen LogP contribution in [0.1, 0.15) is 45.6 Å². The molecule has 0 bridgehead atoms. The average molecular weight is 333 g/mol. The molecule has 0 aliphatic heterocycles. The quantitative estimate of drug-likeness (QED) is 0.653. The SMILES string of the molecule is COC(=O)c1cccc2c3c(n(Cc4ccc(C)cc4)c12)CCCC3. The van der Waals surface area contributed by atoms with Gasteiger partial charge in [0.25, 0.3) is 0 Å². The van der Waals surface area contributed by atoms with E-state index in [1.807, 2.05) is 12.1 Å². The summed E-state index contributed by atoms with van der Waals surface area (Å²) in [6, 6.07) is 14.7. The van der Waals surface area contributed by atoms with Crippen LogP contribution in [0.15, 0.2) is 42.5 Å². The standard InChI is InChI=1S/C22H23NO2/c1-15-10-12-16(13-11-15)14-23-20-9-4-3-6-17(20)18-7-5-8-19(21(18)23)22(24)25-2/h5,7-8,10-13H,3-4,6,9,14H2,1-2H3. The second-order valence-corrected chi connectivity index (χ2v) is 6.90. The van der Waals surface area contributed by atoms with E-state index in [4.69, 9.17) is 4.74 Å². The van der Waals surface area contributed by atoms with Crippen LogP contribution in [0.5, 0.6) is 0 Å². The summed E-state index contributed by atoms with van der Waals surface area (Å²) in [5.41, 5.74) is 7.02. The maximum atomic E-state index is 12.4. The Morgan fingerprint density at radius 1 is 1.08 bits per heavy atom. The number of carbonyl (C=O) groups excluding carboxylic acids is 1. The Morgan fingerprint density at radius 3 is 2.60 bits per heavy atom. The Labute approximate surface area is 148 Å². The molecule has 3 aromatic rings. The van der Waals surface area contributed by atoms with Crippen LogP contribution >= 0.6 is 0 Å². The molecule has 0 fully saturated rings. The lowest BCUT2D eigenvalue weighted by atomic mass is 9.95. The fourth-order valence-electron chi connectivity index (χ4n) is 4.02. The summed E-state index contributed by atoms with van der Waals surface area (Å²) in [4.78, 5) is 12.4. The van der Waals surface area contributed by atoms with E-state index in [-0.39, 0.29) is 5.97 Å². The number of hydrogen-bond donors (Lipinski definition) is 0. The van der Waals surface area contributed by atoms with E-state index in [9.17, 15) is 4.79 Å². The minimum Gasteiger partial charge on any atom is -0.465 e. The molecule has 1 aromatic heterocycles. The molecule has 1 aliphatic carbocycles. The number of fused-ring (bicyclic) bond motifs is 3. The summed E-state index contributed by atoms with van der Waals surface area (Å²) >= 11 is 0. The molecule has 3 nitrogen and oxygen atoms in total. The second-order valence-electron chi connectivity index (χ2n) is 6.90. The maximum Gasteiger partial charge on any atom is 0.340 e. The van der Waals surface area contributed by atoms with Crippen molar-refractivity contribution in [3.63, 3.8) is 0 Å². The summed E-state index contributed by atoms with van der Waals surface area (Å²) in [5.74, 6) is -0.259. The molecule has 0 radical (unpaired) electrons. The van der Waals surface area contributed by atoms with Gasteiger partial charge in [0, 0.05) is 17.6 Å². The normalized spacial score (nSPS) is 13.7. The Hall–Kier alpha value is -2.55. The van der Waals surface area contributed by atoms with Crippen molar-refractivity contribution in [1.82, 2.24) is 4.57 Å². The first-order valence-corrected chi connectivity index (χ1v) is 8.96. The zero-order valence-corrected chi connectivity index (χ0v) is 14.8. The lowest BCUT2D eigenvalue weighted by molar-refractivity contribution is 0.0602. The van der Waals surface area contributed by atoms with E-state index < -0.39 is 0 Å². The highest BCUT2D eigenvalue weighted by atomic mass is 16.5. The highest BCUT2D eigenvalue weighted by Gasteiger charge is 2.24. The number of para-hydroxylation sites is 1. The van der Waals surface area contributed by atoms with Crippen LogP contribution in [0.4, 0.5) is 0 Å². The number of aromatic nitrogens is 1. The number of hydrogen-bond acceptors (Lipinski definition) is 2. The highest BCUT2D eigenvalue weighted by molar-refractivity contribution is 6.04. The fourth-order valence-corrected chi connectivity index (χ4v) is 4.02. The van der Waals surface area contributed by atoms with Gasteiger partial charge in [-0.1, -0.05) is 42.0 Å². The summed E-state index contributed by atoms with van der Waals surface area (Å²) in [6.07, 6.45) is 4.61. The van der Waals surface area contributed by atoms with Gasteiger partial charge in [0.1, 0.15) is 0 Å². The van der Waals surface area contributed by atoms with Gasteiger partial charge in [0.2, 0.25) is 0 Å². The molecule has 128 valence electrons. The van der Waals surface area contributed by atoms with Gasteiger partial charge in [-0.25, -0.2) is 4.79 Å². The molecule has 0 atom stereocenters. The molecule has 25 heavy (non-hydrogen) atoms. The average Bonchev–Trinajstić information content (AvgIpc) is 2.97. The molecule has 4 rings (SSSR count). The molecular formula is C22H23NO2. The number of nitrogens with zero attached hydrogens (tertiary/aromatic N) is 1. The van der Waals surface area contributed by atoms with E-state index in [0.29, 0.717) is 5.56 Å². The van der Waals surface area contributed by atoms with Gasteiger partial charge in [-0.05, 0) is 49.8 Å². The van der Waals surface area contributed by atoms with Crippen LogP contribution in [0.3, 0.4) is 0 Å². The molecule has 0 saturated heterocycles. The lowest BCUT2D eigenvalue weighted by Crippen LogP contribution is -2.11. The largest absolute Gasteiger partial charge is 0.465 e. The third-order valence-corrected chi connectivity index (χ3v) is 5.26. The smallest absolute Gasteiger partial charge is 0.340 e. The summed E-state index contributed by atoms with van der Waals surface area (Å²) < 4.78 is 7.39. The molecule has 2 aromatic carbocycles. The van der Waals surface area contributed by atoms with E-state index in [1.165, 1.54) is 47.7 Å². The lowest BCUT2D eigenvalue weighted by Gasteiger charge is -2.16. The van der Waals surface area contributed by atoms with Gasteiger partial charge in [-0.2, -0.15) is 0 Å². The monoisotopic (exact) mass is 333 g/mol. The molecule has 1 aliphatic rings. The van der Waals surface area contributed by atoms with E-state index in [2.05, 4.69) is 41.8 Å². The van der Waals surface area contributed by atoms with Crippen LogP contribution < -0.4 is 0 Å². The number of aryl methyl sites for hydroxylation is 2. The topological polar surface area (TPSA) is 31.2 Å². The van der Waals surface area contributed by atoms with Crippen LogP contribution in [-0.4, -0.2) is 17.6 Å². The van der Waals surface area contributed by atoms with E-state index in [0.717, 1.165) is 24.9 Å². The highest BCUT2D eigenvalue weighted by Crippen LogP contribution is 2.34. The number of methoxy groups -OCH3 is 1. The van der Waals surface area contributed by atoms with E-state index in [1.54, 1.807) is 0 Å². The Bertz CT molecular complexity index is 935. The molecule has 0 spiro atoms. The van der Waals surface area contributed by atoms with Crippen molar-refractivity contribution in [2.45, 2.75) is 39.2 Å². The number of esters is 1.